The predicted octanol–water partition coefficient (Wildman–Crippen LogP) is 4.59. The van der Waals surface area contributed by atoms with Gasteiger partial charge in [-0.3, -0.25) is 0 Å². The van der Waals surface area contributed by atoms with E-state index in [2.05, 4.69) is 4.98 Å². The summed E-state index contributed by atoms with van der Waals surface area (Å²) in [6.45, 7) is 8.15. The standard InChI is InChI=1S/C22H26N2O5S/c1-12-10-23-19(30-12)13-5-14(20(25)26)8-17(7-13)28-18-9-16-6-15(18)11-24(16)21(27)29-22(2,3)4/h5,7-8,10,15-16,18H,6,9,11H2,1-4H3,(H,25,26). The Balaban J connectivity index is 1.49. The molecule has 0 radical (unpaired) electrons. The molecule has 160 valence electrons. The van der Waals surface area contributed by atoms with Gasteiger partial charge in [-0.2, -0.15) is 0 Å². The van der Waals surface area contributed by atoms with E-state index in [0.29, 0.717) is 18.7 Å². The maximum Gasteiger partial charge on any atom is 0.410 e. The number of rotatable bonds is 4. The predicted molar refractivity (Wildman–Crippen MR) is 113 cm³/mol. The molecule has 2 bridgehead atoms. The SMILES string of the molecule is Cc1cnc(-c2cc(OC3CC4CC3CN4C(=O)OC(C)(C)C)cc(C(=O)O)c2)s1. The minimum atomic E-state index is -1.00. The van der Waals surface area contributed by atoms with Crippen molar-refractivity contribution in [3.05, 3.63) is 34.8 Å². The number of ether oxygens (including phenoxy) is 2. The van der Waals surface area contributed by atoms with Gasteiger partial charge in [-0.15, -0.1) is 11.3 Å². The number of aromatic nitrogens is 1. The fourth-order valence-corrected chi connectivity index (χ4v) is 4.92. The van der Waals surface area contributed by atoms with Crippen LogP contribution < -0.4 is 4.74 Å². The molecule has 2 fully saturated rings. The number of benzene rings is 1. The first-order valence-electron chi connectivity index (χ1n) is 10.1. The molecule has 8 heteroatoms. The van der Waals surface area contributed by atoms with Gasteiger partial charge in [0.25, 0.3) is 0 Å². The number of nitrogens with zero attached hydrogens (tertiary/aromatic N) is 2. The van der Waals surface area contributed by atoms with Gasteiger partial charge in [0.05, 0.1) is 5.56 Å². The first-order valence-corrected chi connectivity index (χ1v) is 10.9. The highest BCUT2D eigenvalue weighted by molar-refractivity contribution is 7.14. The molecule has 3 atom stereocenters. The minimum absolute atomic E-state index is 0.0522. The van der Waals surface area contributed by atoms with Crippen molar-refractivity contribution in [1.82, 2.24) is 9.88 Å². The number of aromatic carboxylic acids is 1. The number of amides is 1. The summed E-state index contributed by atoms with van der Waals surface area (Å²) in [4.78, 5) is 31.3. The fourth-order valence-electron chi connectivity index (χ4n) is 4.17. The molecule has 3 unspecified atom stereocenters. The van der Waals surface area contributed by atoms with E-state index in [-0.39, 0.29) is 29.7 Å². The molecule has 1 aliphatic heterocycles. The molecule has 4 rings (SSSR count). The average molecular weight is 431 g/mol. The van der Waals surface area contributed by atoms with E-state index in [9.17, 15) is 14.7 Å². The Labute approximate surface area is 179 Å². The van der Waals surface area contributed by atoms with Crippen molar-refractivity contribution in [2.75, 3.05) is 6.54 Å². The van der Waals surface area contributed by atoms with Crippen molar-refractivity contribution in [1.29, 1.82) is 0 Å². The lowest BCUT2D eigenvalue weighted by Gasteiger charge is -2.33. The summed E-state index contributed by atoms with van der Waals surface area (Å²) < 4.78 is 11.7. The van der Waals surface area contributed by atoms with E-state index in [1.54, 1.807) is 23.2 Å². The van der Waals surface area contributed by atoms with Crippen LogP contribution in [0.4, 0.5) is 4.79 Å². The first kappa shape index (κ1) is 20.7. The van der Waals surface area contributed by atoms with Gasteiger partial charge in [-0.1, -0.05) is 0 Å². The molecule has 2 aromatic rings. The molecular weight excluding hydrogens is 404 g/mol. The van der Waals surface area contributed by atoms with Crippen LogP contribution in [0.5, 0.6) is 5.75 Å². The Hall–Kier alpha value is -2.61. The van der Waals surface area contributed by atoms with Gasteiger partial charge in [-0.05, 0) is 52.3 Å². The molecule has 1 aliphatic carbocycles. The minimum Gasteiger partial charge on any atom is -0.490 e. The van der Waals surface area contributed by atoms with Gasteiger partial charge in [0.1, 0.15) is 22.5 Å². The van der Waals surface area contributed by atoms with Gasteiger partial charge < -0.3 is 19.5 Å². The third-order valence-corrected chi connectivity index (χ3v) is 6.38. The largest absolute Gasteiger partial charge is 0.490 e. The summed E-state index contributed by atoms with van der Waals surface area (Å²) >= 11 is 1.52. The molecule has 1 saturated heterocycles. The number of carbonyl (C=O) groups is 2. The second kappa shape index (κ2) is 7.58. The van der Waals surface area contributed by atoms with Crippen LogP contribution in [-0.2, 0) is 4.74 Å². The Morgan fingerprint density at radius 1 is 1.23 bits per heavy atom. The number of hydrogen-bond donors (Lipinski definition) is 1. The molecular formula is C22H26N2O5S. The van der Waals surface area contributed by atoms with Crippen LogP contribution in [0.1, 0.15) is 48.8 Å². The van der Waals surface area contributed by atoms with E-state index >= 15 is 0 Å². The van der Waals surface area contributed by atoms with E-state index in [0.717, 1.165) is 21.9 Å². The number of carboxylic acid groups (broad SMARTS) is 1. The van der Waals surface area contributed by atoms with E-state index < -0.39 is 11.6 Å². The van der Waals surface area contributed by atoms with Gasteiger partial charge in [0.2, 0.25) is 0 Å². The average Bonchev–Trinajstić information content (AvgIpc) is 3.35. The quantitative estimate of drug-likeness (QED) is 0.763. The van der Waals surface area contributed by atoms with Gasteiger partial charge in [-0.25, -0.2) is 14.6 Å². The zero-order valence-electron chi connectivity index (χ0n) is 17.5. The number of carboxylic acids is 1. The van der Waals surface area contributed by atoms with Crippen molar-refractivity contribution >= 4 is 23.4 Å². The van der Waals surface area contributed by atoms with Crippen molar-refractivity contribution in [3.8, 4) is 16.3 Å². The molecule has 0 spiro atoms. The maximum atomic E-state index is 12.4. The van der Waals surface area contributed by atoms with Crippen LogP contribution >= 0.6 is 11.3 Å². The van der Waals surface area contributed by atoms with Crippen LogP contribution in [-0.4, -0.2) is 51.3 Å². The summed E-state index contributed by atoms with van der Waals surface area (Å²) in [6.07, 6.45) is 3.04. The zero-order chi connectivity index (χ0) is 21.6. The highest BCUT2D eigenvalue weighted by Gasteiger charge is 2.48. The Morgan fingerprint density at radius 2 is 2.00 bits per heavy atom. The van der Waals surface area contributed by atoms with Crippen LogP contribution in [0.2, 0.25) is 0 Å². The van der Waals surface area contributed by atoms with Crippen LogP contribution in [0.3, 0.4) is 0 Å². The highest BCUT2D eigenvalue weighted by atomic mass is 32.1. The fraction of sp³-hybridized carbons (Fsp3) is 0.500. The summed E-state index contributed by atoms with van der Waals surface area (Å²) in [5.74, 6) is -0.264. The monoisotopic (exact) mass is 430 g/mol. The van der Waals surface area contributed by atoms with Gasteiger partial charge in [0, 0.05) is 41.6 Å². The second-order valence-corrected chi connectivity index (χ2v) is 10.2. The Kier molecular flexibility index (Phi) is 5.22. The smallest absolute Gasteiger partial charge is 0.410 e. The van der Waals surface area contributed by atoms with Crippen LogP contribution in [0.15, 0.2) is 24.4 Å². The number of aryl methyl sites for hydroxylation is 1. The molecule has 1 N–H and O–H groups in total. The summed E-state index contributed by atoms with van der Waals surface area (Å²) in [5, 5.41) is 10.3. The lowest BCUT2D eigenvalue weighted by molar-refractivity contribution is 0.0105. The lowest BCUT2D eigenvalue weighted by atomic mass is 10.1. The van der Waals surface area contributed by atoms with Crippen LogP contribution in [0.25, 0.3) is 10.6 Å². The number of hydrogen-bond acceptors (Lipinski definition) is 6. The van der Waals surface area contributed by atoms with Gasteiger partial charge >= 0.3 is 12.1 Å². The molecule has 30 heavy (non-hydrogen) atoms. The van der Waals surface area contributed by atoms with Crippen molar-refractivity contribution < 1.29 is 24.2 Å². The molecule has 1 aromatic heterocycles. The zero-order valence-corrected chi connectivity index (χ0v) is 18.4. The number of likely N-dealkylation sites (tertiary alicyclic amines) is 1. The van der Waals surface area contributed by atoms with E-state index in [1.807, 2.05) is 33.8 Å². The second-order valence-electron chi connectivity index (χ2n) is 9.00. The summed E-state index contributed by atoms with van der Waals surface area (Å²) in [6, 6.07) is 5.13. The number of carbonyl (C=O) groups excluding carboxylic acids is 1. The molecule has 2 aliphatic rings. The Morgan fingerprint density at radius 3 is 2.57 bits per heavy atom. The summed E-state index contributed by atoms with van der Waals surface area (Å²) in [7, 11) is 0. The van der Waals surface area contributed by atoms with E-state index in [4.69, 9.17) is 9.47 Å². The Bertz CT molecular complexity index is 980. The number of piperidine rings is 1. The molecule has 1 aromatic carbocycles. The molecule has 2 heterocycles. The third-order valence-electron chi connectivity index (χ3n) is 5.41. The number of fused-ring (bicyclic) bond motifs is 2. The van der Waals surface area contributed by atoms with Crippen molar-refractivity contribution in [2.45, 2.75) is 58.3 Å². The van der Waals surface area contributed by atoms with E-state index in [1.165, 1.54) is 11.3 Å². The summed E-state index contributed by atoms with van der Waals surface area (Å²) in [5.41, 5.74) is 0.395. The number of thiazole rings is 1. The van der Waals surface area contributed by atoms with Crippen molar-refractivity contribution in [2.24, 2.45) is 5.92 Å². The van der Waals surface area contributed by atoms with Crippen LogP contribution in [0, 0.1) is 12.8 Å². The highest BCUT2D eigenvalue weighted by Crippen LogP contribution is 2.41. The molecule has 1 amide bonds. The lowest BCUT2D eigenvalue weighted by Crippen LogP contribution is -2.45. The molecule has 7 nitrogen and oxygen atoms in total. The third kappa shape index (κ3) is 4.28. The first-order chi connectivity index (χ1) is 14.1. The van der Waals surface area contributed by atoms with Crippen molar-refractivity contribution in [3.63, 3.8) is 0 Å². The van der Waals surface area contributed by atoms with Gasteiger partial charge in [0.15, 0.2) is 0 Å². The topological polar surface area (TPSA) is 89.0 Å². The normalized spacial score (nSPS) is 22.9. The molecule has 1 saturated carbocycles. The maximum absolute atomic E-state index is 12.4.